The first kappa shape index (κ1) is 18.6. The second kappa shape index (κ2) is 6.67. The lowest BCUT2D eigenvalue weighted by Gasteiger charge is -2.39. The summed E-state index contributed by atoms with van der Waals surface area (Å²) in [5.41, 5.74) is -1.30. The number of amides is 1. The van der Waals surface area contributed by atoms with Gasteiger partial charge in [0.1, 0.15) is 5.78 Å². The number of carbonyl (C=O) groups is 2. The number of carbonyl (C=O) groups excluding carboxylic acids is 2. The number of Topliss-reactive ketones (excluding diaryl/α,β-unsaturated/α-hetero) is 1. The van der Waals surface area contributed by atoms with Crippen molar-refractivity contribution in [3.8, 4) is 0 Å². The van der Waals surface area contributed by atoms with E-state index in [4.69, 9.17) is 9.47 Å². The van der Waals surface area contributed by atoms with Gasteiger partial charge in [0.25, 0.3) is 5.91 Å². The summed E-state index contributed by atoms with van der Waals surface area (Å²) in [6.45, 7) is 6.80. The number of nitrogens with zero attached hydrogens (tertiary/aromatic N) is 2. The molecule has 4 rings (SSSR count). The Hall–Kier alpha value is -1.80. The van der Waals surface area contributed by atoms with E-state index in [0.29, 0.717) is 31.1 Å². The molecule has 2 fully saturated rings. The molecule has 0 unspecified atom stereocenters. The molecule has 146 valence electrons. The fourth-order valence-corrected chi connectivity index (χ4v) is 4.23. The van der Waals surface area contributed by atoms with Gasteiger partial charge < -0.3 is 14.6 Å². The zero-order valence-corrected chi connectivity index (χ0v) is 15.8. The summed E-state index contributed by atoms with van der Waals surface area (Å²) in [6, 6.07) is 7.18. The number of ether oxygens (including phenoxy) is 2. The molecule has 1 amide bonds. The van der Waals surface area contributed by atoms with Gasteiger partial charge in [0.15, 0.2) is 5.60 Å². The first-order valence-electron chi connectivity index (χ1n) is 9.43. The Morgan fingerprint density at radius 2 is 1.89 bits per heavy atom. The van der Waals surface area contributed by atoms with Crippen molar-refractivity contribution in [1.82, 2.24) is 4.90 Å². The number of fused-ring (bicyclic) bond motifs is 1. The SMILES string of the molecule is CC1(C)CC(=O)[C@H]([C@]2(O)C(=O)N(CN3CCOCC3)c3ccccc32)CO1. The van der Waals surface area contributed by atoms with Gasteiger partial charge in [-0.15, -0.1) is 0 Å². The Kier molecular flexibility index (Phi) is 4.58. The van der Waals surface area contributed by atoms with Crippen molar-refractivity contribution in [1.29, 1.82) is 0 Å². The third kappa shape index (κ3) is 3.08. The van der Waals surface area contributed by atoms with Crippen LogP contribution in [-0.2, 0) is 24.7 Å². The van der Waals surface area contributed by atoms with Crippen LogP contribution in [0.1, 0.15) is 25.8 Å². The van der Waals surface area contributed by atoms with Crippen molar-refractivity contribution in [2.75, 3.05) is 44.5 Å². The normalized spacial score (nSPS) is 31.2. The molecule has 7 nitrogen and oxygen atoms in total. The van der Waals surface area contributed by atoms with Gasteiger partial charge in [-0.3, -0.25) is 19.4 Å². The number of anilines is 1. The van der Waals surface area contributed by atoms with Crippen LogP contribution in [0, 0.1) is 5.92 Å². The van der Waals surface area contributed by atoms with E-state index in [1.807, 2.05) is 26.0 Å². The monoisotopic (exact) mass is 374 g/mol. The van der Waals surface area contributed by atoms with Crippen LogP contribution in [0.15, 0.2) is 24.3 Å². The molecule has 0 saturated carbocycles. The van der Waals surface area contributed by atoms with Crippen molar-refractivity contribution < 1.29 is 24.2 Å². The highest BCUT2D eigenvalue weighted by Crippen LogP contribution is 2.47. The molecule has 7 heteroatoms. The third-order valence-corrected chi connectivity index (χ3v) is 5.76. The van der Waals surface area contributed by atoms with E-state index in [1.54, 1.807) is 17.0 Å². The molecule has 0 bridgehead atoms. The van der Waals surface area contributed by atoms with Gasteiger partial charge in [0, 0.05) is 25.1 Å². The smallest absolute Gasteiger partial charge is 0.265 e. The van der Waals surface area contributed by atoms with E-state index in [1.165, 1.54) is 0 Å². The highest BCUT2D eigenvalue weighted by atomic mass is 16.5. The van der Waals surface area contributed by atoms with E-state index in [0.717, 1.165) is 13.1 Å². The first-order chi connectivity index (χ1) is 12.8. The molecule has 0 radical (unpaired) electrons. The lowest BCUT2D eigenvalue weighted by atomic mass is 9.76. The highest BCUT2D eigenvalue weighted by Gasteiger charge is 2.58. The van der Waals surface area contributed by atoms with E-state index >= 15 is 0 Å². The number of hydrogen-bond donors (Lipinski definition) is 1. The predicted molar refractivity (Wildman–Crippen MR) is 98.2 cm³/mol. The van der Waals surface area contributed by atoms with Crippen LogP contribution < -0.4 is 4.90 Å². The van der Waals surface area contributed by atoms with Crippen LogP contribution in [0.2, 0.25) is 0 Å². The van der Waals surface area contributed by atoms with Gasteiger partial charge in [-0.2, -0.15) is 0 Å². The number of benzene rings is 1. The maximum Gasteiger partial charge on any atom is 0.265 e. The van der Waals surface area contributed by atoms with Crippen LogP contribution in [0.5, 0.6) is 0 Å². The van der Waals surface area contributed by atoms with Gasteiger partial charge in [-0.05, 0) is 19.9 Å². The number of para-hydroxylation sites is 1. The summed E-state index contributed by atoms with van der Waals surface area (Å²) in [5.74, 6) is -1.48. The van der Waals surface area contributed by atoms with Gasteiger partial charge in [-0.1, -0.05) is 18.2 Å². The zero-order chi connectivity index (χ0) is 19.2. The van der Waals surface area contributed by atoms with Crippen molar-refractivity contribution in [3.63, 3.8) is 0 Å². The molecule has 0 aromatic heterocycles. The molecular formula is C20H26N2O5. The van der Waals surface area contributed by atoms with Crippen molar-refractivity contribution in [3.05, 3.63) is 29.8 Å². The maximum atomic E-state index is 13.4. The molecule has 2 atom stereocenters. The largest absolute Gasteiger partial charge is 0.379 e. The molecule has 1 aromatic carbocycles. The minimum atomic E-state index is -1.88. The predicted octanol–water partition coefficient (Wildman–Crippen LogP) is 0.895. The lowest BCUT2D eigenvalue weighted by Crippen LogP contribution is -2.55. The van der Waals surface area contributed by atoms with E-state index in [9.17, 15) is 14.7 Å². The second-order valence-electron chi connectivity index (χ2n) is 8.15. The summed E-state index contributed by atoms with van der Waals surface area (Å²) < 4.78 is 11.2. The van der Waals surface area contributed by atoms with Crippen LogP contribution in [0.3, 0.4) is 0 Å². The van der Waals surface area contributed by atoms with Crippen molar-refractivity contribution in [2.24, 2.45) is 5.92 Å². The maximum absolute atomic E-state index is 13.4. The van der Waals surface area contributed by atoms with Crippen molar-refractivity contribution in [2.45, 2.75) is 31.5 Å². The molecular weight excluding hydrogens is 348 g/mol. The number of hydrogen-bond acceptors (Lipinski definition) is 6. The average Bonchev–Trinajstić information content (AvgIpc) is 2.85. The average molecular weight is 374 g/mol. The minimum absolute atomic E-state index is 0.0355. The van der Waals surface area contributed by atoms with Gasteiger partial charge in [0.2, 0.25) is 0 Å². The Balaban J connectivity index is 1.67. The second-order valence-corrected chi connectivity index (χ2v) is 8.15. The van der Waals surface area contributed by atoms with Gasteiger partial charge in [-0.25, -0.2) is 0 Å². The summed E-state index contributed by atoms with van der Waals surface area (Å²) >= 11 is 0. The molecule has 1 N–H and O–H groups in total. The molecule has 3 aliphatic heterocycles. The Morgan fingerprint density at radius 3 is 2.59 bits per heavy atom. The summed E-state index contributed by atoms with van der Waals surface area (Å²) in [7, 11) is 0. The molecule has 1 aromatic rings. The zero-order valence-electron chi connectivity index (χ0n) is 15.8. The van der Waals surface area contributed by atoms with Crippen LogP contribution in [0.4, 0.5) is 5.69 Å². The standard InChI is InChI=1S/C20H26N2O5/c1-19(2)11-17(23)15(12-27-19)20(25)14-5-3-4-6-16(14)22(18(20)24)13-21-7-9-26-10-8-21/h3-6,15,25H,7-13H2,1-2H3/t15-,20+/m1/s1. The molecule has 0 aliphatic carbocycles. The summed E-state index contributed by atoms with van der Waals surface area (Å²) in [4.78, 5) is 29.9. The number of rotatable bonds is 3. The van der Waals surface area contributed by atoms with E-state index in [2.05, 4.69) is 4.90 Å². The summed E-state index contributed by atoms with van der Waals surface area (Å²) in [5, 5.41) is 11.5. The number of morpholine rings is 1. The number of aliphatic hydroxyl groups is 1. The van der Waals surface area contributed by atoms with Gasteiger partial charge in [0.05, 0.1) is 43.7 Å². The number of ketones is 1. The van der Waals surface area contributed by atoms with Crippen LogP contribution in [-0.4, -0.2) is 66.9 Å². The molecule has 2 saturated heterocycles. The minimum Gasteiger partial charge on any atom is -0.379 e. The van der Waals surface area contributed by atoms with Crippen LogP contribution >= 0.6 is 0 Å². The van der Waals surface area contributed by atoms with Gasteiger partial charge >= 0.3 is 0 Å². The topological polar surface area (TPSA) is 79.3 Å². The Morgan fingerprint density at radius 1 is 1.19 bits per heavy atom. The van der Waals surface area contributed by atoms with Crippen LogP contribution in [0.25, 0.3) is 0 Å². The lowest BCUT2D eigenvalue weighted by molar-refractivity contribution is -0.172. The Bertz CT molecular complexity index is 758. The summed E-state index contributed by atoms with van der Waals surface area (Å²) in [6.07, 6.45) is 0.179. The Labute approximate surface area is 158 Å². The van der Waals surface area contributed by atoms with E-state index < -0.39 is 23.0 Å². The molecule has 0 spiro atoms. The first-order valence-corrected chi connectivity index (χ1v) is 9.43. The molecule has 27 heavy (non-hydrogen) atoms. The fourth-order valence-electron chi connectivity index (χ4n) is 4.23. The molecule has 3 aliphatic rings. The highest BCUT2D eigenvalue weighted by molar-refractivity contribution is 6.09. The third-order valence-electron chi connectivity index (χ3n) is 5.76. The molecule has 3 heterocycles. The van der Waals surface area contributed by atoms with Crippen molar-refractivity contribution >= 4 is 17.4 Å². The fraction of sp³-hybridized carbons (Fsp3) is 0.600. The van der Waals surface area contributed by atoms with E-state index in [-0.39, 0.29) is 18.8 Å². The quantitative estimate of drug-likeness (QED) is 0.847.